The highest BCUT2D eigenvalue weighted by atomic mass is 16.5. The monoisotopic (exact) mass is 194 g/mol. The van der Waals surface area contributed by atoms with Gasteiger partial charge in [-0.25, -0.2) is 0 Å². The van der Waals surface area contributed by atoms with Gasteiger partial charge in [0.1, 0.15) is 6.04 Å². The summed E-state index contributed by atoms with van der Waals surface area (Å²) >= 11 is 0. The van der Waals surface area contributed by atoms with Gasteiger partial charge >= 0.3 is 5.97 Å². The van der Waals surface area contributed by atoms with Crippen LogP contribution >= 0.6 is 0 Å². The predicted molar refractivity (Wildman–Crippen MR) is 55.0 cm³/mol. The van der Waals surface area contributed by atoms with Crippen LogP contribution in [0.4, 0.5) is 0 Å². The summed E-state index contributed by atoms with van der Waals surface area (Å²) < 4.78 is 11.7. The number of ether oxygens (including phenoxy) is 1. The van der Waals surface area contributed by atoms with Crippen molar-refractivity contribution in [3.63, 3.8) is 0 Å². The van der Waals surface area contributed by atoms with Gasteiger partial charge in [-0.3, -0.25) is 4.79 Å². The van der Waals surface area contributed by atoms with Crippen molar-refractivity contribution < 1.29 is 10.9 Å². The standard InChI is InChI=1S/C11H15NO2/c1-12-10(11(13)14-2)8-9-6-4-3-5-7-9/h3-7,10,12H,8H2,1-2H3/t10-/m0/s1/i1D. The number of carbonyl (C=O) groups excluding carboxylic acids is 1. The number of esters is 1. The Morgan fingerprint density at radius 3 is 2.86 bits per heavy atom. The molecule has 1 N–H and O–H groups in total. The second kappa shape index (κ2) is 5.40. The lowest BCUT2D eigenvalue weighted by Crippen LogP contribution is -2.36. The maximum Gasteiger partial charge on any atom is 0.323 e. The zero-order chi connectivity index (χ0) is 11.1. The second-order valence-electron chi connectivity index (χ2n) is 2.97. The summed E-state index contributed by atoms with van der Waals surface area (Å²) in [6.07, 6.45) is 0.548. The van der Waals surface area contributed by atoms with Crippen molar-refractivity contribution in [1.82, 2.24) is 5.32 Å². The molecule has 76 valence electrons. The number of likely N-dealkylation sites (N-methyl/N-ethyl adjacent to an activating group) is 1. The lowest BCUT2D eigenvalue weighted by molar-refractivity contribution is -0.142. The first kappa shape index (κ1) is 9.21. The summed E-state index contributed by atoms with van der Waals surface area (Å²) in [5.41, 5.74) is 1.05. The molecule has 0 aliphatic rings. The van der Waals surface area contributed by atoms with Gasteiger partial charge in [-0.15, -0.1) is 0 Å². The minimum Gasteiger partial charge on any atom is -0.468 e. The number of nitrogens with one attached hydrogen (secondary N) is 1. The number of hydrogen-bond acceptors (Lipinski definition) is 3. The summed E-state index contributed by atoms with van der Waals surface area (Å²) in [6, 6.07) is 9.22. The molecule has 0 saturated heterocycles. The van der Waals surface area contributed by atoms with E-state index >= 15 is 0 Å². The molecule has 0 radical (unpaired) electrons. The van der Waals surface area contributed by atoms with Crippen LogP contribution in [0.2, 0.25) is 0 Å². The van der Waals surface area contributed by atoms with Gasteiger partial charge in [-0.2, -0.15) is 0 Å². The summed E-state index contributed by atoms with van der Waals surface area (Å²) in [5, 5.41) is 2.77. The van der Waals surface area contributed by atoms with Crippen LogP contribution in [0, 0.1) is 0 Å². The van der Waals surface area contributed by atoms with Gasteiger partial charge in [0.2, 0.25) is 0 Å². The predicted octanol–water partition coefficient (Wildman–Crippen LogP) is 0.990. The molecule has 0 unspecified atom stereocenters. The van der Waals surface area contributed by atoms with Crippen LogP contribution in [-0.4, -0.2) is 26.1 Å². The van der Waals surface area contributed by atoms with Crippen LogP contribution in [-0.2, 0) is 16.0 Å². The Bertz CT molecular complexity index is 303. The molecule has 1 atom stereocenters. The lowest BCUT2D eigenvalue weighted by Gasteiger charge is -2.13. The molecule has 0 aliphatic heterocycles. The van der Waals surface area contributed by atoms with E-state index in [9.17, 15) is 4.79 Å². The van der Waals surface area contributed by atoms with Crippen molar-refractivity contribution in [2.45, 2.75) is 12.5 Å². The van der Waals surface area contributed by atoms with Crippen LogP contribution in [0.15, 0.2) is 30.3 Å². The van der Waals surface area contributed by atoms with E-state index in [-0.39, 0.29) is 13.0 Å². The molecule has 0 heterocycles. The average molecular weight is 194 g/mol. The summed E-state index contributed by atoms with van der Waals surface area (Å²) in [6.45, 7) is 0. The maximum absolute atomic E-state index is 11.3. The van der Waals surface area contributed by atoms with E-state index in [0.717, 1.165) is 5.56 Å². The first-order valence-corrected chi connectivity index (χ1v) is 4.42. The highest BCUT2D eigenvalue weighted by Gasteiger charge is 2.16. The average Bonchev–Trinajstić information content (AvgIpc) is 2.29. The Labute approximate surface area is 85.5 Å². The molecule has 1 aromatic rings. The van der Waals surface area contributed by atoms with Gasteiger partial charge < -0.3 is 10.1 Å². The Morgan fingerprint density at radius 2 is 2.29 bits per heavy atom. The topological polar surface area (TPSA) is 38.3 Å². The Hall–Kier alpha value is -1.35. The molecule has 1 rings (SSSR count). The zero-order valence-corrected chi connectivity index (χ0v) is 8.19. The molecule has 14 heavy (non-hydrogen) atoms. The van der Waals surface area contributed by atoms with Crippen LogP contribution in [0.25, 0.3) is 0 Å². The van der Waals surface area contributed by atoms with Gasteiger partial charge in [0.15, 0.2) is 0 Å². The van der Waals surface area contributed by atoms with E-state index in [4.69, 9.17) is 1.37 Å². The molecule has 0 fully saturated rings. The van der Waals surface area contributed by atoms with Crippen molar-refractivity contribution >= 4 is 5.97 Å². The first-order chi connectivity index (χ1) is 7.27. The minimum atomic E-state index is -0.435. The van der Waals surface area contributed by atoms with E-state index in [2.05, 4.69) is 10.1 Å². The smallest absolute Gasteiger partial charge is 0.323 e. The molecular weight excluding hydrogens is 178 g/mol. The zero-order valence-electron chi connectivity index (χ0n) is 9.19. The third-order valence-corrected chi connectivity index (χ3v) is 2.01. The van der Waals surface area contributed by atoms with Crippen molar-refractivity contribution in [3.8, 4) is 0 Å². The van der Waals surface area contributed by atoms with Crippen LogP contribution in [0.5, 0.6) is 0 Å². The van der Waals surface area contributed by atoms with E-state index in [1.165, 1.54) is 7.11 Å². The normalized spacial score (nSPS) is 13.1. The van der Waals surface area contributed by atoms with Gasteiger partial charge in [-0.05, 0) is 19.0 Å². The molecule has 0 aromatic heterocycles. The van der Waals surface area contributed by atoms with E-state index in [1.54, 1.807) is 0 Å². The van der Waals surface area contributed by atoms with Crippen molar-refractivity contribution in [2.24, 2.45) is 0 Å². The SMILES string of the molecule is [2H]CN[C@@H](Cc1ccccc1)C(=O)OC. The Kier molecular flexibility index (Phi) is 3.55. The quantitative estimate of drug-likeness (QED) is 0.726. The number of hydrogen-bond donors (Lipinski definition) is 1. The fourth-order valence-corrected chi connectivity index (χ4v) is 1.23. The Morgan fingerprint density at radius 1 is 1.57 bits per heavy atom. The fourth-order valence-electron chi connectivity index (χ4n) is 1.23. The molecule has 0 bridgehead atoms. The fraction of sp³-hybridized carbons (Fsp3) is 0.364. The van der Waals surface area contributed by atoms with Crippen molar-refractivity contribution in [2.75, 3.05) is 14.1 Å². The molecule has 0 amide bonds. The summed E-state index contributed by atoms with van der Waals surface area (Å²) in [7, 11) is 1.36. The van der Waals surface area contributed by atoms with Crippen LogP contribution in [0.3, 0.4) is 0 Å². The molecule has 0 spiro atoms. The largest absolute Gasteiger partial charge is 0.468 e. The molecule has 3 nitrogen and oxygen atoms in total. The van der Waals surface area contributed by atoms with Gasteiger partial charge in [0.25, 0.3) is 0 Å². The molecule has 3 heteroatoms. The van der Waals surface area contributed by atoms with E-state index in [1.807, 2.05) is 30.3 Å². The van der Waals surface area contributed by atoms with Crippen molar-refractivity contribution in [3.05, 3.63) is 35.9 Å². The number of benzene rings is 1. The van der Waals surface area contributed by atoms with Gasteiger partial charge in [0, 0.05) is 1.37 Å². The number of carbonyl (C=O) groups is 1. The van der Waals surface area contributed by atoms with Gasteiger partial charge in [-0.1, -0.05) is 30.3 Å². The second-order valence-corrected chi connectivity index (χ2v) is 2.97. The minimum absolute atomic E-state index is 0.00655. The number of methoxy groups -OCH3 is 1. The highest BCUT2D eigenvalue weighted by Crippen LogP contribution is 2.03. The van der Waals surface area contributed by atoms with Crippen LogP contribution < -0.4 is 5.32 Å². The van der Waals surface area contributed by atoms with E-state index < -0.39 is 6.04 Å². The summed E-state index contributed by atoms with van der Waals surface area (Å²) in [4.78, 5) is 11.3. The third-order valence-electron chi connectivity index (χ3n) is 2.01. The first-order valence-electron chi connectivity index (χ1n) is 5.13. The molecule has 0 saturated carbocycles. The maximum atomic E-state index is 11.3. The summed E-state index contributed by atoms with van der Waals surface area (Å²) in [5.74, 6) is -0.328. The Balaban J connectivity index is 2.62. The lowest BCUT2D eigenvalue weighted by atomic mass is 10.1. The van der Waals surface area contributed by atoms with Crippen LogP contribution in [0.1, 0.15) is 6.93 Å². The molecule has 0 aliphatic carbocycles. The van der Waals surface area contributed by atoms with E-state index in [0.29, 0.717) is 6.42 Å². The third kappa shape index (κ3) is 2.85. The van der Waals surface area contributed by atoms with Crippen molar-refractivity contribution in [1.29, 1.82) is 0 Å². The number of rotatable bonds is 4. The molecular formula is C11H15NO2. The highest BCUT2D eigenvalue weighted by molar-refractivity contribution is 5.76. The molecule has 1 aromatic carbocycles. The van der Waals surface area contributed by atoms with Gasteiger partial charge in [0.05, 0.1) is 7.11 Å².